The van der Waals surface area contributed by atoms with Crippen LogP contribution < -0.4 is 5.32 Å². The minimum absolute atomic E-state index is 0.355. The van der Waals surface area contributed by atoms with Gasteiger partial charge in [0.15, 0.2) is 0 Å². The zero-order chi connectivity index (χ0) is 9.68. The summed E-state index contributed by atoms with van der Waals surface area (Å²) in [6.45, 7) is 1.99. The smallest absolute Gasteiger partial charge is 0.308 e. The van der Waals surface area contributed by atoms with Crippen LogP contribution in [0.15, 0.2) is 18.6 Å². The molecule has 1 aromatic heterocycles. The number of aromatic nitrogens is 2. The van der Waals surface area contributed by atoms with Gasteiger partial charge in [-0.15, -0.1) is 0 Å². The predicted molar refractivity (Wildman–Crippen MR) is 47.3 cm³/mol. The molecule has 0 fully saturated rings. The van der Waals surface area contributed by atoms with Crippen LogP contribution in [0.3, 0.4) is 0 Å². The largest absolute Gasteiger partial charge is 0.481 e. The van der Waals surface area contributed by atoms with Crippen molar-refractivity contribution in [3.8, 4) is 0 Å². The number of hydrogen-bond acceptors (Lipinski definition) is 4. The van der Waals surface area contributed by atoms with Gasteiger partial charge in [0.1, 0.15) is 5.82 Å². The van der Waals surface area contributed by atoms with Crippen molar-refractivity contribution in [2.24, 2.45) is 5.92 Å². The van der Waals surface area contributed by atoms with Crippen LogP contribution in [0.2, 0.25) is 0 Å². The summed E-state index contributed by atoms with van der Waals surface area (Å²) in [5.41, 5.74) is 0. The quantitative estimate of drug-likeness (QED) is 0.711. The van der Waals surface area contributed by atoms with E-state index in [1.54, 1.807) is 25.5 Å². The third-order valence-corrected chi connectivity index (χ3v) is 1.57. The molecule has 0 saturated carbocycles. The summed E-state index contributed by atoms with van der Waals surface area (Å²) in [6, 6.07) is 0. The topological polar surface area (TPSA) is 75.1 Å². The Morgan fingerprint density at radius 3 is 3.00 bits per heavy atom. The zero-order valence-corrected chi connectivity index (χ0v) is 7.27. The van der Waals surface area contributed by atoms with Gasteiger partial charge < -0.3 is 10.4 Å². The van der Waals surface area contributed by atoms with Gasteiger partial charge in [0.25, 0.3) is 0 Å². The number of carboxylic acids is 1. The van der Waals surface area contributed by atoms with E-state index in [4.69, 9.17) is 5.11 Å². The third kappa shape index (κ3) is 3.06. The number of rotatable bonds is 4. The molecule has 0 bridgehead atoms. The lowest BCUT2D eigenvalue weighted by Gasteiger charge is -2.07. The van der Waals surface area contributed by atoms with E-state index in [-0.39, 0.29) is 0 Å². The number of hydrogen-bond donors (Lipinski definition) is 2. The molecule has 0 aliphatic carbocycles. The van der Waals surface area contributed by atoms with Crippen LogP contribution in [0.1, 0.15) is 6.92 Å². The maximum absolute atomic E-state index is 10.4. The SMILES string of the molecule is CC(CNc1cnccn1)C(=O)O. The van der Waals surface area contributed by atoms with Crippen LogP contribution in [-0.2, 0) is 4.79 Å². The van der Waals surface area contributed by atoms with Crippen molar-refractivity contribution in [3.63, 3.8) is 0 Å². The van der Waals surface area contributed by atoms with Crippen molar-refractivity contribution in [1.82, 2.24) is 9.97 Å². The van der Waals surface area contributed by atoms with Gasteiger partial charge in [-0.25, -0.2) is 4.98 Å². The van der Waals surface area contributed by atoms with E-state index in [1.807, 2.05) is 0 Å². The van der Waals surface area contributed by atoms with Crippen LogP contribution in [0.25, 0.3) is 0 Å². The second-order valence-electron chi connectivity index (χ2n) is 2.71. The maximum atomic E-state index is 10.4. The van der Waals surface area contributed by atoms with Gasteiger partial charge >= 0.3 is 5.97 Å². The fourth-order valence-electron chi connectivity index (χ4n) is 0.735. The van der Waals surface area contributed by atoms with Crippen LogP contribution in [0.5, 0.6) is 0 Å². The van der Waals surface area contributed by atoms with Gasteiger partial charge in [0, 0.05) is 18.9 Å². The normalized spacial score (nSPS) is 12.1. The Balaban J connectivity index is 2.39. The average Bonchev–Trinajstić information content (AvgIpc) is 2.15. The summed E-state index contributed by atoms with van der Waals surface area (Å²) in [6.07, 6.45) is 4.66. The van der Waals surface area contributed by atoms with Crippen molar-refractivity contribution < 1.29 is 9.90 Å². The molecule has 1 heterocycles. The molecule has 1 aromatic rings. The molecule has 1 atom stereocenters. The summed E-state index contributed by atoms with van der Waals surface area (Å²) in [5.74, 6) is -0.658. The molecule has 70 valence electrons. The number of carboxylic acid groups (broad SMARTS) is 1. The van der Waals surface area contributed by atoms with Crippen molar-refractivity contribution in [3.05, 3.63) is 18.6 Å². The zero-order valence-electron chi connectivity index (χ0n) is 7.27. The van der Waals surface area contributed by atoms with Crippen molar-refractivity contribution in [2.75, 3.05) is 11.9 Å². The Hall–Kier alpha value is -1.65. The Bertz CT molecular complexity index is 276. The Labute approximate surface area is 75.8 Å². The molecule has 1 rings (SSSR count). The summed E-state index contributed by atoms with van der Waals surface area (Å²) in [4.78, 5) is 18.2. The van der Waals surface area contributed by atoms with Gasteiger partial charge in [0.05, 0.1) is 12.1 Å². The van der Waals surface area contributed by atoms with Crippen LogP contribution >= 0.6 is 0 Å². The average molecular weight is 181 g/mol. The highest BCUT2D eigenvalue weighted by Crippen LogP contribution is 2.00. The first-order chi connectivity index (χ1) is 6.20. The van der Waals surface area contributed by atoms with E-state index >= 15 is 0 Å². The lowest BCUT2D eigenvalue weighted by atomic mass is 10.2. The molecule has 5 nitrogen and oxygen atoms in total. The van der Waals surface area contributed by atoms with Crippen LogP contribution in [0, 0.1) is 5.92 Å². The van der Waals surface area contributed by atoms with E-state index in [0.717, 1.165) is 0 Å². The third-order valence-electron chi connectivity index (χ3n) is 1.57. The first kappa shape index (κ1) is 9.44. The molecule has 0 aromatic carbocycles. The molecule has 0 saturated heterocycles. The van der Waals surface area contributed by atoms with E-state index in [9.17, 15) is 4.79 Å². The number of nitrogens with one attached hydrogen (secondary N) is 1. The molecule has 0 spiro atoms. The van der Waals surface area contributed by atoms with E-state index < -0.39 is 11.9 Å². The molecular formula is C8H11N3O2. The lowest BCUT2D eigenvalue weighted by Crippen LogP contribution is -2.19. The summed E-state index contributed by atoms with van der Waals surface area (Å²) >= 11 is 0. The minimum Gasteiger partial charge on any atom is -0.481 e. The summed E-state index contributed by atoms with van der Waals surface area (Å²) in [7, 11) is 0. The fraction of sp³-hybridized carbons (Fsp3) is 0.375. The first-order valence-corrected chi connectivity index (χ1v) is 3.93. The van der Waals surface area contributed by atoms with E-state index in [0.29, 0.717) is 12.4 Å². The molecule has 2 N–H and O–H groups in total. The van der Waals surface area contributed by atoms with Gasteiger partial charge in [-0.3, -0.25) is 9.78 Å². The molecule has 13 heavy (non-hydrogen) atoms. The highest BCUT2D eigenvalue weighted by molar-refractivity contribution is 5.70. The second kappa shape index (κ2) is 4.39. The monoisotopic (exact) mass is 181 g/mol. The minimum atomic E-state index is -0.823. The van der Waals surface area contributed by atoms with Crippen molar-refractivity contribution in [2.45, 2.75) is 6.92 Å². The highest BCUT2D eigenvalue weighted by atomic mass is 16.4. The lowest BCUT2D eigenvalue weighted by molar-refractivity contribution is -0.140. The van der Waals surface area contributed by atoms with E-state index in [1.165, 1.54) is 0 Å². The number of anilines is 1. The van der Waals surface area contributed by atoms with Crippen LogP contribution in [-0.4, -0.2) is 27.6 Å². The van der Waals surface area contributed by atoms with E-state index in [2.05, 4.69) is 15.3 Å². The molecular weight excluding hydrogens is 170 g/mol. The van der Waals surface area contributed by atoms with Crippen molar-refractivity contribution >= 4 is 11.8 Å². The molecule has 5 heteroatoms. The Morgan fingerprint density at radius 1 is 1.69 bits per heavy atom. The van der Waals surface area contributed by atoms with Crippen LogP contribution in [0.4, 0.5) is 5.82 Å². The predicted octanol–water partition coefficient (Wildman–Crippen LogP) is 0.609. The number of nitrogens with zero attached hydrogens (tertiary/aromatic N) is 2. The summed E-state index contributed by atoms with van der Waals surface area (Å²) in [5, 5.41) is 11.5. The number of carbonyl (C=O) groups is 1. The maximum Gasteiger partial charge on any atom is 0.308 e. The Kier molecular flexibility index (Phi) is 3.19. The molecule has 0 radical (unpaired) electrons. The highest BCUT2D eigenvalue weighted by Gasteiger charge is 2.09. The fourth-order valence-corrected chi connectivity index (χ4v) is 0.735. The Morgan fingerprint density at radius 2 is 2.46 bits per heavy atom. The second-order valence-corrected chi connectivity index (χ2v) is 2.71. The summed E-state index contributed by atoms with van der Waals surface area (Å²) < 4.78 is 0. The molecule has 0 aliphatic heterocycles. The first-order valence-electron chi connectivity index (χ1n) is 3.93. The molecule has 0 amide bonds. The van der Waals surface area contributed by atoms with Gasteiger partial charge in [-0.1, -0.05) is 6.92 Å². The van der Waals surface area contributed by atoms with Gasteiger partial charge in [-0.2, -0.15) is 0 Å². The molecule has 1 unspecified atom stereocenters. The standard InChI is InChI=1S/C8H11N3O2/c1-6(8(12)13)4-11-7-5-9-2-3-10-7/h2-3,5-6H,4H2,1H3,(H,10,11)(H,12,13). The molecule has 0 aliphatic rings. The number of aliphatic carboxylic acids is 1. The van der Waals surface area contributed by atoms with Gasteiger partial charge in [-0.05, 0) is 0 Å². The van der Waals surface area contributed by atoms with Gasteiger partial charge in [0.2, 0.25) is 0 Å². The van der Waals surface area contributed by atoms with Crippen molar-refractivity contribution in [1.29, 1.82) is 0 Å².